The van der Waals surface area contributed by atoms with Gasteiger partial charge in [-0.05, 0) is 88.8 Å². The summed E-state index contributed by atoms with van der Waals surface area (Å²) >= 11 is 0. The maximum absolute atomic E-state index is 13.0. The predicted octanol–water partition coefficient (Wildman–Crippen LogP) is 3.12. The molecule has 0 aliphatic carbocycles. The summed E-state index contributed by atoms with van der Waals surface area (Å²) in [6.07, 6.45) is 0.944. The normalized spacial score (nSPS) is 16.8. The maximum atomic E-state index is 13.0. The molecule has 3 rings (SSSR count). The monoisotopic (exact) mass is 445 g/mol. The number of sulfonamides is 1. The van der Waals surface area contributed by atoms with Crippen LogP contribution in [-0.2, 0) is 14.8 Å². The quantitative estimate of drug-likeness (QED) is 0.708. The Bertz CT molecular complexity index is 1000. The van der Waals surface area contributed by atoms with Crippen LogP contribution in [0.1, 0.15) is 25.3 Å². The molecule has 0 radical (unpaired) electrons. The van der Waals surface area contributed by atoms with Crippen molar-refractivity contribution in [2.75, 3.05) is 32.5 Å². The van der Waals surface area contributed by atoms with Crippen LogP contribution < -0.4 is 10.1 Å². The zero-order chi connectivity index (χ0) is 22.6. The fraction of sp³-hybridized carbons (Fsp3) is 0.435. The van der Waals surface area contributed by atoms with Gasteiger partial charge in [-0.2, -0.15) is 4.31 Å². The molecule has 0 saturated carbocycles. The topological polar surface area (TPSA) is 78.9 Å². The number of aryl methyl sites for hydroxylation is 1. The van der Waals surface area contributed by atoms with Crippen molar-refractivity contribution >= 4 is 21.6 Å². The smallest absolute Gasteiger partial charge is 0.265 e. The van der Waals surface area contributed by atoms with E-state index in [1.807, 2.05) is 32.2 Å². The highest BCUT2D eigenvalue weighted by atomic mass is 32.2. The minimum absolute atomic E-state index is 0.000186. The van der Waals surface area contributed by atoms with E-state index < -0.39 is 16.1 Å². The maximum Gasteiger partial charge on any atom is 0.265 e. The van der Waals surface area contributed by atoms with Crippen molar-refractivity contribution in [1.29, 1.82) is 0 Å². The lowest BCUT2D eigenvalue weighted by atomic mass is 10.1. The van der Waals surface area contributed by atoms with Crippen LogP contribution in [-0.4, -0.2) is 62.9 Å². The Kier molecular flexibility index (Phi) is 7.35. The average Bonchev–Trinajstić information content (AvgIpc) is 2.74. The van der Waals surface area contributed by atoms with Gasteiger partial charge in [0.25, 0.3) is 5.91 Å². The van der Waals surface area contributed by atoms with E-state index in [9.17, 15) is 13.2 Å². The zero-order valence-corrected chi connectivity index (χ0v) is 19.4. The highest BCUT2D eigenvalue weighted by molar-refractivity contribution is 7.89. The second kappa shape index (κ2) is 9.80. The van der Waals surface area contributed by atoms with Crippen LogP contribution >= 0.6 is 0 Å². The van der Waals surface area contributed by atoms with Crippen molar-refractivity contribution in [2.45, 2.75) is 43.7 Å². The third-order valence-corrected chi connectivity index (χ3v) is 7.60. The Morgan fingerprint density at radius 1 is 1.16 bits per heavy atom. The van der Waals surface area contributed by atoms with E-state index in [0.29, 0.717) is 11.4 Å². The second-order valence-corrected chi connectivity index (χ2v) is 10.1. The number of nitrogens with zero attached hydrogens (tertiary/aromatic N) is 2. The minimum atomic E-state index is -3.59. The highest BCUT2D eigenvalue weighted by Gasteiger charge is 2.30. The second-order valence-electron chi connectivity index (χ2n) is 8.15. The lowest BCUT2D eigenvalue weighted by molar-refractivity contribution is -0.122. The molecule has 1 saturated heterocycles. The molecular weight excluding hydrogens is 414 g/mol. The Morgan fingerprint density at radius 3 is 2.42 bits per heavy atom. The van der Waals surface area contributed by atoms with E-state index in [1.54, 1.807) is 32.2 Å². The molecule has 0 aromatic heterocycles. The predicted molar refractivity (Wildman–Crippen MR) is 122 cm³/mol. The van der Waals surface area contributed by atoms with Crippen LogP contribution in [0, 0.1) is 6.92 Å². The van der Waals surface area contributed by atoms with Crippen molar-refractivity contribution in [3.63, 3.8) is 0 Å². The number of carbonyl (C=O) groups is 1. The molecule has 0 unspecified atom stereocenters. The highest BCUT2D eigenvalue weighted by Crippen LogP contribution is 2.23. The van der Waals surface area contributed by atoms with E-state index in [2.05, 4.69) is 10.2 Å². The molecule has 8 heteroatoms. The number of likely N-dealkylation sites (tertiary alicyclic amines) is 1. The van der Waals surface area contributed by atoms with E-state index in [-0.39, 0.29) is 16.8 Å². The first kappa shape index (κ1) is 23.2. The first-order valence-corrected chi connectivity index (χ1v) is 11.9. The van der Waals surface area contributed by atoms with Gasteiger partial charge in [0.1, 0.15) is 5.75 Å². The molecule has 31 heavy (non-hydrogen) atoms. The Morgan fingerprint density at radius 2 is 1.81 bits per heavy atom. The SMILES string of the molecule is Cc1cccc(O[C@H](C)C(=O)Nc2ccc(S(=O)(=O)N(C)C3CCN(C)CC3)cc2)c1. The summed E-state index contributed by atoms with van der Waals surface area (Å²) in [5, 5.41) is 2.77. The Balaban J connectivity index is 1.61. The van der Waals surface area contributed by atoms with Crippen molar-refractivity contribution in [3.05, 3.63) is 54.1 Å². The molecule has 1 heterocycles. The molecule has 168 valence electrons. The van der Waals surface area contributed by atoms with E-state index in [4.69, 9.17) is 4.74 Å². The van der Waals surface area contributed by atoms with Crippen LogP contribution in [0.4, 0.5) is 5.69 Å². The van der Waals surface area contributed by atoms with Crippen LogP contribution in [0.2, 0.25) is 0 Å². The number of ether oxygens (including phenoxy) is 1. The fourth-order valence-electron chi connectivity index (χ4n) is 3.62. The number of anilines is 1. The number of piperidine rings is 1. The molecule has 0 bridgehead atoms. The summed E-state index contributed by atoms with van der Waals surface area (Å²) < 4.78 is 33.2. The van der Waals surface area contributed by atoms with Gasteiger partial charge >= 0.3 is 0 Å². The summed E-state index contributed by atoms with van der Waals surface area (Å²) in [5.74, 6) is 0.321. The van der Waals surface area contributed by atoms with E-state index >= 15 is 0 Å². The van der Waals surface area contributed by atoms with Gasteiger partial charge in [-0.3, -0.25) is 4.79 Å². The lowest BCUT2D eigenvalue weighted by Crippen LogP contribution is -2.44. The number of amides is 1. The molecule has 1 N–H and O–H groups in total. The molecule has 0 spiro atoms. The summed E-state index contributed by atoms with van der Waals surface area (Å²) in [4.78, 5) is 14.9. The number of benzene rings is 2. The standard InChI is InChI=1S/C23H31N3O4S/c1-17-6-5-7-21(16-17)30-18(2)23(27)24-19-8-10-22(11-9-19)31(28,29)26(4)20-12-14-25(3)15-13-20/h5-11,16,18,20H,12-15H2,1-4H3,(H,24,27)/t18-/m1/s1. The Labute approximate surface area is 185 Å². The van der Waals surface area contributed by atoms with Gasteiger partial charge in [0, 0.05) is 18.8 Å². The fourth-order valence-corrected chi connectivity index (χ4v) is 5.04. The van der Waals surface area contributed by atoms with Crippen molar-refractivity contribution in [2.24, 2.45) is 0 Å². The molecule has 1 fully saturated rings. The molecule has 1 aliphatic heterocycles. The third kappa shape index (κ3) is 5.84. The van der Waals surface area contributed by atoms with Crippen molar-refractivity contribution in [3.8, 4) is 5.75 Å². The first-order valence-electron chi connectivity index (χ1n) is 10.5. The first-order chi connectivity index (χ1) is 14.7. The van der Waals surface area contributed by atoms with Gasteiger partial charge in [0.2, 0.25) is 10.0 Å². The third-order valence-electron chi connectivity index (χ3n) is 5.67. The van der Waals surface area contributed by atoms with E-state index in [0.717, 1.165) is 31.5 Å². The van der Waals surface area contributed by atoms with Crippen LogP contribution in [0.3, 0.4) is 0 Å². The Hall–Kier alpha value is -2.42. The largest absolute Gasteiger partial charge is 0.481 e. The van der Waals surface area contributed by atoms with Crippen molar-refractivity contribution < 1.29 is 17.9 Å². The average molecular weight is 446 g/mol. The molecule has 2 aromatic carbocycles. The molecule has 2 aromatic rings. The minimum Gasteiger partial charge on any atom is -0.481 e. The number of nitrogens with one attached hydrogen (secondary N) is 1. The van der Waals surface area contributed by atoms with Gasteiger partial charge in [-0.15, -0.1) is 0 Å². The summed E-state index contributed by atoms with van der Waals surface area (Å²) in [5.41, 5.74) is 1.57. The number of carbonyl (C=O) groups excluding carboxylic acids is 1. The van der Waals surface area contributed by atoms with Gasteiger partial charge < -0.3 is 15.0 Å². The summed E-state index contributed by atoms with van der Waals surface area (Å²) in [7, 11) is 0.105. The van der Waals surface area contributed by atoms with Crippen LogP contribution in [0.25, 0.3) is 0 Å². The van der Waals surface area contributed by atoms with Crippen LogP contribution in [0.15, 0.2) is 53.4 Å². The number of hydrogen-bond acceptors (Lipinski definition) is 5. The molecule has 1 amide bonds. The van der Waals surface area contributed by atoms with Gasteiger partial charge in [-0.25, -0.2) is 8.42 Å². The molecule has 1 aliphatic rings. The number of rotatable bonds is 7. The van der Waals surface area contributed by atoms with Crippen LogP contribution in [0.5, 0.6) is 5.75 Å². The molecule has 7 nitrogen and oxygen atoms in total. The van der Waals surface area contributed by atoms with Gasteiger partial charge in [0.15, 0.2) is 6.10 Å². The molecule has 1 atom stereocenters. The van der Waals surface area contributed by atoms with Gasteiger partial charge in [-0.1, -0.05) is 12.1 Å². The molecular formula is C23H31N3O4S. The van der Waals surface area contributed by atoms with Crippen molar-refractivity contribution in [1.82, 2.24) is 9.21 Å². The summed E-state index contributed by atoms with van der Waals surface area (Å²) in [6.45, 7) is 5.40. The van der Waals surface area contributed by atoms with E-state index in [1.165, 1.54) is 16.4 Å². The zero-order valence-electron chi connectivity index (χ0n) is 18.5. The van der Waals surface area contributed by atoms with Gasteiger partial charge in [0.05, 0.1) is 4.90 Å². The number of hydrogen-bond donors (Lipinski definition) is 1. The summed E-state index contributed by atoms with van der Waals surface area (Å²) in [6, 6.07) is 13.8. The lowest BCUT2D eigenvalue weighted by Gasteiger charge is -2.34.